The molecule has 1 N–H and O–H groups in total. The Bertz CT molecular complexity index is 222. The number of nitrogens with zero attached hydrogens (tertiary/aromatic N) is 1. The molecule has 14 heavy (non-hydrogen) atoms. The van der Waals surface area contributed by atoms with E-state index in [2.05, 4.69) is 5.32 Å². The summed E-state index contributed by atoms with van der Waals surface area (Å²) >= 11 is 0. The topological polar surface area (TPSA) is 49.4 Å². The minimum absolute atomic E-state index is 0.0515. The summed E-state index contributed by atoms with van der Waals surface area (Å²) in [5.41, 5.74) is 0. The minimum Gasteiger partial charge on any atom is -0.317 e. The van der Waals surface area contributed by atoms with Crippen molar-refractivity contribution in [2.24, 2.45) is 0 Å². The number of piperidine rings is 1. The van der Waals surface area contributed by atoms with Gasteiger partial charge in [-0.1, -0.05) is 6.92 Å². The smallest absolute Gasteiger partial charge is 0.229 e. The molecule has 0 atom stereocenters. The van der Waals surface area contributed by atoms with Crippen molar-refractivity contribution in [2.45, 2.75) is 39.2 Å². The molecule has 2 amide bonds. The van der Waals surface area contributed by atoms with Crippen LogP contribution in [0.2, 0.25) is 0 Å². The molecule has 1 saturated heterocycles. The van der Waals surface area contributed by atoms with E-state index in [1.165, 1.54) is 11.8 Å². The molecular weight excluding hydrogens is 180 g/mol. The quantitative estimate of drug-likeness (QED) is 0.704. The lowest BCUT2D eigenvalue weighted by Crippen LogP contribution is -2.48. The molecule has 1 rings (SSSR count). The number of amides is 2. The van der Waals surface area contributed by atoms with Gasteiger partial charge in [-0.25, -0.2) is 0 Å². The molecular formula is C10H18N2O2. The third-order valence-electron chi connectivity index (χ3n) is 2.58. The molecule has 0 aromatic rings. The van der Waals surface area contributed by atoms with Crippen molar-refractivity contribution in [3.8, 4) is 0 Å². The highest BCUT2D eigenvalue weighted by molar-refractivity contribution is 5.94. The van der Waals surface area contributed by atoms with Gasteiger partial charge in [-0.2, -0.15) is 0 Å². The first-order chi connectivity index (χ1) is 6.66. The Morgan fingerprint density at radius 1 is 1.36 bits per heavy atom. The molecule has 0 aromatic heterocycles. The van der Waals surface area contributed by atoms with Crippen molar-refractivity contribution < 1.29 is 9.59 Å². The van der Waals surface area contributed by atoms with Crippen LogP contribution >= 0.6 is 0 Å². The Morgan fingerprint density at radius 2 is 1.93 bits per heavy atom. The lowest BCUT2D eigenvalue weighted by atomic mass is 10.0. The van der Waals surface area contributed by atoms with Crippen LogP contribution in [0.15, 0.2) is 0 Å². The van der Waals surface area contributed by atoms with E-state index < -0.39 is 0 Å². The fraction of sp³-hybridized carbons (Fsp3) is 0.800. The lowest BCUT2D eigenvalue weighted by Gasteiger charge is -2.32. The first-order valence-corrected chi connectivity index (χ1v) is 5.20. The van der Waals surface area contributed by atoms with Gasteiger partial charge in [0.05, 0.1) is 0 Å². The highest BCUT2D eigenvalue weighted by atomic mass is 16.2. The molecule has 1 aliphatic heterocycles. The van der Waals surface area contributed by atoms with Crippen molar-refractivity contribution in [1.82, 2.24) is 10.2 Å². The van der Waals surface area contributed by atoms with Gasteiger partial charge >= 0.3 is 0 Å². The Kier molecular flexibility index (Phi) is 4.07. The molecule has 0 bridgehead atoms. The molecule has 1 aliphatic rings. The second-order valence-electron chi connectivity index (χ2n) is 3.62. The van der Waals surface area contributed by atoms with Gasteiger partial charge in [-0.15, -0.1) is 0 Å². The molecule has 0 spiro atoms. The molecule has 80 valence electrons. The van der Waals surface area contributed by atoms with E-state index >= 15 is 0 Å². The van der Waals surface area contributed by atoms with E-state index in [9.17, 15) is 9.59 Å². The number of carbonyl (C=O) groups excluding carboxylic acids is 2. The summed E-state index contributed by atoms with van der Waals surface area (Å²) in [4.78, 5) is 24.3. The van der Waals surface area contributed by atoms with E-state index in [-0.39, 0.29) is 17.9 Å². The normalized spacial score (nSPS) is 17.9. The van der Waals surface area contributed by atoms with E-state index in [1.807, 2.05) is 0 Å². The van der Waals surface area contributed by atoms with Crippen LogP contribution in [0, 0.1) is 0 Å². The second kappa shape index (κ2) is 5.10. The summed E-state index contributed by atoms with van der Waals surface area (Å²) in [7, 11) is 0. The number of nitrogens with one attached hydrogen (secondary N) is 1. The summed E-state index contributed by atoms with van der Waals surface area (Å²) in [6.07, 6.45) is 2.17. The van der Waals surface area contributed by atoms with Gasteiger partial charge in [0.1, 0.15) is 0 Å². The summed E-state index contributed by atoms with van der Waals surface area (Å²) in [6, 6.07) is 0.112. The first-order valence-electron chi connectivity index (χ1n) is 5.20. The lowest BCUT2D eigenvalue weighted by molar-refractivity contribution is -0.146. The van der Waals surface area contributed by atoms with E-state index in [0.29, 0.717) is 6.42 Å². The number of carbonyl (C=O) groups is 2. The van der Waals surface area contributed by atoms with Crippen molar-refractivity contribution in [3.05, 3.63) is 0 Å². The molecule has 0 aliphatic carbocycles. The summed E-state index contributed by atoms with van der Waals surface area (Å²) in [6.45, 7) is 5.05. The van der Waals surface area contributed by atoms with Crippen LogP contribution in [0.4, 0.5) is 0 Å². The molecule has 4 heteroatoms. The van der Waals surface area contributed by atoms with Gasteiger partial charge in [-0.3, -0.25) is 14.5 Å². The summed E-state index contributed by atoms with van der Waals surface area (Å²) in [5, 5.41) is 3.22. The highest BCUT2D eigenvalue weighted by Gasteiger charge is 2.27. The summed E-state index contributed by atoms with van der Waals surface area (Å²) < 4.78 is 0. The first kappa shape index (κ1) is 11.2. The van der Waals surface area contributed by atoms with E-state index in [0.717, 1.165) is 25.9 Å². The van der Waals surface area contributed by atoms with Crippen LogP contribution in [-0.2, 0) is 9.59 Å². The Hall–Kier alpha value is -0.900. The van der Waals surface area contributed by atoms with E-state index in [4.69, 9.17) is 0 Å². The van der Waals surface area contributed by atoms with Crippen LogP contribution in [0.5, 0.6) is 0 Å². The molecule has 1 heterocycles. The van der Waals surface area contributed by atoms with Gasteiger partial charge in [-0.05, 0) is 25.9 Å². The Balaban J connectivity index is 2.65. The molecule has 1 fully saturated rings. The van der Waals surface area contributed by atoms with E-state index in [1.54, 1.807) is 6.92 Å². The molecule has 0 radical (unpaired) electrons. The zero-order chi connectivity index (χ0) is 10.6. The number of imide groups is 1. The van der Waals surface area contributed by atoms with Crippen LogP contribution < -0.4 is 5.32 Å². The summed E-state index contributed by atoms with van der Waals surface area (Å²) in [5.74, 6) is -0.173. The van der Waals surface area contributed by atoms with Crippen molar-refractivity contribution in [1.29, 1.82) is 0 Å². The van der Waals surface area contributed by atoms with Crippen molar-refractivity contribution in [2.75, 3.05) is 13.1 Å². The SMILES string of the molecule is CCC(=O)N(C(C)=O)C1CCNCC1. The number of hydrogen-bond donors (Lipinski definition) is 1. The largest absolute Gasteiger partial charge is 0.317 e. The fourth-order valence-corrected chi connectivity index (χ4v) is 1.87. The van der Waals surface area contributed by atoms with Gasteiger partial charge in [0, 0.05) is 19.4 Å². The van der Waals surface area contributed by atoms with Crippen LogP contribution in [-0.4, -0.2) is 35.8 Å². The maximum atomic E-state index is 11.5. The van der Waals surface area contributed by atoms with Crippen molar-refractivity contribution >= 4 is 11.8 Å². The number of rotatable bonds is 2. The van der Waals surface area contributed by atoms with Gasteiger partial charge in [0.2, 0.25) is 11.8 Å². The average molecular weight is 198 g/mol. The van der Waals surface area contributed by atoms with Gasteiger partial charge < -0.3 is 5.32 Å². The zero-order valence-corrected chi connectivity index (χ0v) is 8.88. The fourth-order valence-electron chi connectivity index (χ4n) is 1.87. The molecule has 4 nitrogen and oxygen atoms in total. The van der Waals surface area contributed by atoms with Crippen molar-refractivity contribution in [3.63, 3.8) is 0 Å². The van der Waals surface area contributed by atoms with Gasteiger partial charge in [0.25, 0.3) is 0 Å². The average Bonchev–Trinajstić information content (AvgIpc) is 2.19. The van der Waals surface area contributed by atoms with Crippen LogP contribution in [0.1, 0.15) is 33.1 Å². The minimum atomic E-state index is -0.122. The zero-order valence-electron chi connectivity index (χ0n) is 8.88. The Morgan fingerprint density at radius 3 is 2.36 bits per heavy atom. The molecule has 0 unspecified atom stereocenters. The van der Waals surface area contributed by atoms with Crippen LogP contribution in [0.3, 0.4) is 0 Å². The number of hydrogen-bond acceptors (Lipinski definition) is 3. The third kappa shape index (κ3) is 2.54. The standard InChI is InChI=1S/C10H18N2O2/c1-3-10(14)12(8(2)13)9-4-6-11-7-5-9/h9,11H,3-7H2,1-2H3. The molecule has 0 saturated carbocycles. The maximum absolute atomic E-state index is 11.5. The predicted molar refractivity (Wildman–Crippen MR) is 53.7 cm³/mol. The second-order valence-corrected chi connectivity index (χ2v) is 3.62. The molecule has 0 aromatic carbocycles. The Labute approximate surface area is 84.7 Å². The van der Waals surface area contributed by atoms with Crippen LogP contribution in [0.25, 0.3) is 0 Å². The maximum Gasteiger partial charge on any atom is 0.229 e. The third-order valence-corrected chi connectivity index (χ3v) is 2.58. The van der Waals surface area contributed by atoms with Gasteiger partial charge in [0.15, 0.2) is 0 Å². The predicted octanol–water partition coefficient (Wildman–Crippen LogP) is 0.524. The monoisotopic (exact) mass is 198 g/mol. The highest BCUT2D eigenvalue weighted by Crippen LogP contribution is 2.13.